The SMILES string of the molecule is C=C(NCc1ccccc1)C1CCCN1C.C=CCn1ncc([NH-])n1.Fc1ccccc1C1CC1.[Na+]. The van der Waals surface area contributed by atoms with E-state index in [9.17, 15) is 4.39 Å². The van der Waals surface area contributed by atoms with Crippen LogP contribution in [-0.2, 0) is 13.1 Å². The third-order valence-electron chi connectivity index (χ3n) is 6.04. The van der Waals surface area contributed by atoms with Gasteiger partial charge in [-0.25, -0.2) is 4.39 Å². The van der Waals surface area contributed by atoms with Crippen molar-refractivity contribution in [2.75, 3.05) is 13.6 Å². The number of hydrogen-bond donors (Lipinski definition) is 1. The fourth-order valence-electron chi connectivity index (χ4n) is 3.98. The van der Waals surface area contributed by atoms with Gasteiger partial charge in [0.2, 0.25) is 0 Å². The number of likely N-dealkylation sites (tertiary alicyclic amines) is 1. The molecule has 186 valence electrons. The Labute approximate surface area is 236 Å². The molecule has 0 bridgehead atoms. The molecule has 1 aliphatic heterocycles. The third-order valence-corrected chi connectivity index (χ3v) is 6.04. The molecule has 2 aromatic carbocycles. The number of aromatic nitrogens is 3. The van der Waals surface area contributed by atoms with Gasteiger partial charge >= 0.3 is 29.6 Å². The molecule has 8 heteroatoms. The van der Waals surface area contributed by atoms with Crippen molar-refractivity contribution >= 4 is 5.82 Å². The number of benzene rings is 2. The van der Waals surface area contributed by atoms with Crippen LogP contribution < -0.4 is 34.9 Å². The van der Waals surface area contributed by atoms with Gasteiger partial charge < -0.3 is 16.1 Å². The van der Waals surface area contributed by atoms with E-state index in [1.54, 1.807) is 12.1 Å². The van der Waals surface area contributed by atoms with Crippen molar-refractivity contribution in [3.63, 3.8) is 0 Å². The van der Waals surface area contributed by atoms with E-state index in [2.05, 4.69) is 64.9 Å². The Kier molecular flexibility index (Phi) is 12.9. The minimum absolute atomic E-state index is 0. The molecule has 0 spiro atoms. The second-order valence-corrected chi connectivity index (χ2v) is 8.87. The Morgan fingerprint density at radius 1 is 1.14 bits per heavy atom. The molecule has 2 heterocycles. The fraction of sp³-hybridized carbons (Fsp3) is 0.357. The number of halogens is 1. The molecule has 0 radical (unpaired) electrons. The Morgan fingerprint density at radius 2 is 1.83 bits per heavy atom. The van der Waals surface area contributed by atoms with E-state index in [1.807, 2.05) is 18.2 Å². The topological polar surface area (TPSA) is 69.8 Å². The zero-order valence-electron chi connectivity index (χ0n) is 21.5. The van der Waals surface area contributed by atoms with E-state index in [-0.39, 0.29) is 41.2 Å². The van der Waals surface area contributed by atoms with Crippen LogP contribution in [0.3, 0.4) is 0 Å². The standard InChI is InChI=1S/C14H20N2.C9H9F.C5H7N4.Na/c1-12(14-9-6-10-16(14)2)15-11-13-7-4-3-5-8-13;10-9-4-2-1-3-8(9)7-5-6-7;1-2-3-9-7-4-5(6)8-9;/h3-5,7-8,14-15H,1,6,9-11H2,2H3;1-4,7H,5-6H2;2,4H,1,3H2,(H-,6,8);/q;;-1;+1. The van der Waals surface area contributed by atoms with Gasteiger partial charge in [0.25, 0.3) is 0 Å². The summed E-state index contributed by atoms with van der Waals surface area (Å²) in [6, 6.07) is 18.0. The summed E-state index contributed by atoms with van der Waals surface area (Å²) in [5, 5.41) is 10.9. The number of nitrogens with one attached hydrogen (secondary N) is 2. The van der Waals surface area contributed by atoms with Crippen molar-refractivity contribution in [3.8, 4) is 0 Å². The van der Waals surface area contributed by atoms with E-state index in [0.717, 1.165) is 17.8 Å². The van der Waals surface area contributed by atoms with Gasteiger partial charge in [-0.2, -0.15) is 5.10 Å². The van der Waals surface area contributed by atoms with Crippen LogP contribution in [0.5, 0.6) is 0 Å². The smallest absolute Gasteiger partial charge is 0.480 e. The maximum absolute atomic E-state index is 12.9. The van der Waals surface area contributed by atoms with Crippen molar-refractivity contribution in [2.45, 2.75) is 50.7 Å². The maximum Gasteiger partial charge on any atom is 1.00 e. The van der Waals surface area contributed by atoms with E-state index in [0.29, 0.717) is 18.5 Å². The Hall–Kier alpha value is -2.45. The maximum atomic E-state index is 12.9. The normalized spacial score (nSPS) is 16.4. The first kappa shape index (κ1) is 29.8. The summed E-state index contributed by atoms with van der Waals surface area (Å²) in [4.78, 5) is 3.79. The van der Waals surface area contributed by atoms with Crippen LogP contribution in [0.25, 0.3) is 5.73 Å². The molecule has 1 saturated carbocycles. The average molecular weight is 499 g/mol. The molecule has 1 unspecified atom stereocenters. The summed E-state index contributed by atoms with van der Waals surface area (Å²) in [6.45, 7) is 10.3. The monoisotopic (exact) mass is 498 g/mol. The number of nitrogens with zero attached hydrogens (tertiary/aromatic N) is 4. The first-order chi connectivity index (χ1) is 17.0. The van der Waals surface area contributed by atoms with Crippen LogP contribution in [0.1, 0.15) is 42.7 Å². The first-order valence-electron chi connectivity index (χ1n) is 12.1. The molecule has 1 atom stereocenters. The molecule has 1 saturated heterocycles. The molecule has 2 fully saturated rings. The van der Waals surface area contributed by atoms with Crippen molar-refractivity contribution < 1.29 is 33.9 Å². The second kappa shape index (κ2) is 15.6. The average Bonchev–Trinajstić information content (AvgIpc) is 3.49. The predicted molar refractivity (Wildman–Crippen MR) is 141 cm³/mol. The largest absolute Gasteiger partial charge is 1.00 e. The first-order valence-corrected chi connectivity index (χ1v) is 12.1. The van der Waals surface area contributed by atoms with E-state index in [1.165, 1.54) is 54.9 Å². The predicted octanol–water partition coefficient (Wildman–Crippen LogP) is 3.24. The molecular formula is C28H36FN6Na. The second-order valence-electron chi connectivity index (χ2n) is 8.87. The minimum atomic E-state index is -0.0370. The summed E-state index contributed by atoms with van der Waals surface area (Å²) in [5.41, 5.74) is 10.3. The van der Waals surface area contributed by atoms with Gasteiger partial charge in [-0.05, 0) is 68.2 Å². The summed E-state index contributed by atoms with van der Waals surface area (Å²) in [6.07, 6.45) is 7.93. The molecule has 3 aromatic rings. The molecule has 36 heavy (non-hydrogen) atoms. The molecule has 2 aliphatic rings. The van der Waals surface area contributed by atoms with Gasteiger partial charge in [0.15, 0.2) is 0 Å². The van der Waals surface area contributed by atoms with Crippen molar-refractivity contribution in [2.24, 2.45) is 0 Å². The zero-order valence-corrected chi connectivity index (χ0v) is 23.5. The molecule has 0 amide bonds. The summed E-state index contributed by atoms with van der Waals surface area (Å²) in [7, 11) is 2.17. The zero-order chi connectivity index (χ0) is 25.0. The van der Waals surface area contributed by atoms with Crippen LogP contribution in [0.15, 0.2) is 85.7 Å². The van der Waals surface area contributed by atoms with E-state index >= 15 is 0 Å². The molecular weight excluding hydrogens is 462 g/mol. The third kappa shape index (κ3) is 9.90. The van der Waals surface area contributed by atoms with Gasteiger partial charge in [-0.1, -0.05) is 61.2 Å². The molecule has 1 aliphatic carbocycles. The van der Waals surface area contributed by atoms with Crippen LogP contribution in [-0.4, -0.2) is 39.5 Å². The Bertz CT molecular complexity index is 1070. The van der Waals surface area contributed by atoms with Gasteiger partial charge in [-0.3, -0.25) is 9.70 Å². The number of allylic oxidation sites excluding steroid dienone is 1. The van der Waals surface area contributed by atoms with E-state index in [4.69, 9.17) is 5.73 Å². The van der Waals surface area contributed by atoms with Crippen molar-refractivity contribution in [3.05, 3.63) is 108 Å². The van der Waals surface area contributed by atoms with E-state index < -0.39 is 0 Å². The number of likely N-dealkylation sites (N-methyl/N-ethyl adjacent to an activating group) is 1. The minimum Gasteiger partial charge on any atom is -0.480 e. The van der Waals surface area contributed by atoms with Gasteiger partial charge in [0, 0.05) is 24.5 Å². The molecule has 5 rings (SSSR count). The summed E-state index contributed by atoms with van der Waals surface area (Å²) < 4.78 is 12.9. The van der Waals surface area contributed by atoms with Crippen LogP contribution in [0.4, 0.5) is 10.2 Å². The Balaban J connectivity index is 0.000000198. The Morgan fingerprint density at radius 3 is 2.39 bits per heavy atom. The van der Waals surface area contributed by atoms with Gasteiger partial charge in [0.05, 0.1) is 6.54 Å². The van der Waals surface area contributed by atoms with Gasteiger partial charge in [0.1, 0.15) is 5.82 Å². The summed E-state index contributed by atoms with van der Waals surface area (Å²) in [5.74, 6) is 0.683. The van der Waals surface area contributed by atoms with Crippen molar-refractivity contribution in [1.82, 2.24) is 25.2 Å². The fourth-order valence-corrected chi connectivity index (χ4v) is 3.98. The summed E-state index contributed by atoms with van der Waals surface area (Å²) >= 11 is 0. The molecule has 6 nitrogen and oxygen atoms in total. The molecule has 1 aromatic heterocycles. The van der Waals surface area contributed by atoms with Crippen molar-refractivity contribution in [1.29, 1.82) is 0 Å². The van der Waals surface area contributed by atoms with Gasteiger partial charge in [-0.15, -0.1) is 6.58 Å². The molecule has 2 N–H and O–H groups in total. The van der Waals surface area contributed by atoms with Crippen LogP contribution in [0, 0.1) is 5.82 Å². The van der Waals surface area contributed by atoms with Crippen LogP contribution >= 0.6 is 0 Å². The quantitative estimate of drug-likeness (QED) is 0.401. The number of hydrogen-bond acceptors (Lipinski definition) is 4. The number of rotatable bonds is 7. The van der Waals surface area contributed by atoms with Crippen LogP contribution in [0.2, 0.25) is 0 Å².